The van der Waals surface area contributed by atoms with Crippen molar-refractivity contribution in [3.05, 3.63) is 35.2 Å². The predicted octanol–water partition coefficient (Wildman–Crippen LogP) is 2.72. The number of hydrogen-bond donors (Lipinski definition) is 1. The maximum absolute atomic E-state index is 12.4. The maximum Gasteiger partial charge on any atom is 0.348 e. The van der Waals surface area contributed by atoms with Gasteiger partial charge in [-0.1, -0.05) is 0 Å². The van der Waals surface area contributed by atoms with Crippen LogP contribution in [0.15, 0.2) is 30.3 Å². The number of hydrogen-bond acceptors (Lipinski definition) is 7. The molecule has 2 heterocycles. The van der Waals surface area contributed by atoms with Crippen LogP contribution in [0.1, 0.15) is 30.4 Å². The summed E-state index contributed by atoms with van der Waals surface area (Å²) in [5.74, 6) is 0.0446. The summed E-state index contributed by atoms with van der Waals surface area (Å²) in [5, 5.41) is 2.78. The van der Waals surface area contributed by atoms with E-state index in [1.165, 1.54) is 23.3 Å². The number of fused-ring (bicyclic) bond motifs is 1. The molecule has 0 spiro atoms. The van der Waals surface area contributed by atoms with Gasteiger partial charge >= 0.3 is 5.97 Å². The van der Waals surface area contributed by atoms with Crippen LogP contribution in [0.5, 0.6) is 11.5 Å². The Bertz CT molecular complexity index is 979. The topological polar surface area (TPSA) is 94.2 Å². The SMILES string of the molecule is CN(CC(=O)NC(C)(C)C)C(=O)COC(=O)c1ccc(-c2ccc3c(c2)OCCO3)s1. The van der Waals surface area contributed by atoms with Crippen molar-refractivity contribution >= 4 is 29.1 Å². The van der Waals surface area contributed by atoms with Crippen molar-refractivity contribution in [3.8, 4) is 21.9 Å². The van der Waals surface area contributed by atoms with Crippen LogP contribution in [0, 0.1) is 0 Å². The first kappa shape index (κ1) is 22.6. The summed E-state index contributed by atoms with van der Waals surface area (Å²) in [5.41, 5.74) is 0.510. The quantitative estimate of drug-likeness (QED) is 0.686. The lowest BCUT2D eigenvalue weighted by Gasteiger charge is -2.23. The van der Waals surface area contributed by atoms with E-state index < -0.39 is 18.5 Å². The number of amides is 2. The Labute approximate surface area is 185 Å². The number of rotatable bonds is 6. The first-order chi connectivity index (χ1) is 14.6. The van der Waals surface area contributed by atoms with Gasteiger partial charge in [-0.25, -0.2) is 4.79 Å². The van der Waals surface area contributed by atoms with E-state index in [4.69, 9.17) is 14.2 Å². The Morgan fingerprint density at radius 2 is 1.81 bits per heavy atom. The number of benzene rings is 1. The smallest absolute Gasteiger partial charge is 0.348 e. The van der Waals surface area contributed by atoms with Crippen LogP contribution in [0.4, 0.5) is 0 Å². The molecule has 0 atom stereocenters. The van der Waals surface area contributed by atoms with Crippen LogP contribution < -0.4 is 14.8 Å². The van der Waals surface area contributed by atoms with Gasteiger partial charge in [0.15, 0.2) is 18.1 Å². The molecule has 1 aliphatic rings. The minimum Gasteiger partial charge on any atom is -0.486 e. The highest BCUT2D eigenvalue weighted by Gasteiger charge is 2.20. The normalized spacial score (nSPS) is 12.8. The average molecular weight is 447 g/mol. The highest BCUT2D eigenvalue weighted by atomic mass is 32.1. The molecule has 2 amide bonds. The molecule has 2 aromatic rings. The van der Waals surface area contributed by atoms with Gasteiger partial charge in [-0.3, -0.25) is 9.59 Å². The lowest BCUT2D eigenvalue weighted by atomic mass is 10.1. The molecule has 1 N–H and O–H groups in total. The second-order valence-electron chi connectivity index (χ2n) is 8.15. The van der Waals surface area contributed by atoms with Crippen LogP contribution in [0.3, 0.4) is 0 Å². The van der Waals surface area contributed by atoms with Crippen molar-refractivity contribution in [1.29, 1.82) is 0 Å². The fourth-order valence-electron chi connectivity index (χ4n) is 2.87. The molecule has 0 unspecified atom stereocenters. The third-order valence-electron chi connectivity index (χ3n) is 4.28. The van der Waals surface area contributed by atoms with Crippen molar-refractivity contribution < 1.29 is 28.6 Å². The molecule has 31 heavy (non-hydrogen) atoms. The van der Waals surface area contributed by atoms with E-state index in [2.05, 4.69) is 5.32 Å². The van der Waals surface area contributed by atoms with Crippen molar-refractivity contribution in [3.63, 3.8) is 0 Å². The second kappa shape index (κ2) is 9.38. The number of thiophene rings is 1. The number of carbonyl (C=O) groups is 3. The van der Waals surface area contributed by atoms with Crippen LogP contribution in [-0.4, -0.2) is 61.6 Å². The number of esters is 1. The van der Waals surface area contributed by atoms with Crippen molar-refractivity contribution in [1.82, 2.24) is 10.2 Å². The molecule has 0 bridgehead atoms. The van der Waals surface area contributed by atoms with E-state index in [0.717, 1.165) is 10.4 Å². The van der Waals surface area contributed by atoms with E-state index >= 15 is 0 Å². The molecule has 8 nitrogen and oxygen atoms in total. The molecule has 1 aromatic carbocycles. The first-order valence-electron chi connectivity index (χ1n) is 9.84. The number of ether oxygens (including phenoxy) is 3. The van der Waals surface area contributed by atoms with Gasteiger partial charge in [0.05, 0.1) is 6.54 Å². The van der Waals surface area contributed by atoms with Crippen LogP contribution in [-0.2, 0) is 14.3 Å². The molecule has 1 aliphatic heterocycles. The Morgan fingerprint density at radius 1 is 1.10 bits per heavy atom. The van der Waals surface area contributed by atoms with Gasteiger partial charge in [0.2, 0.25) is 5.91 Å². The van der Waals surface area contributed by atoms with E-state index in [9.17, 15) is 14.4 Å². The van der Waals surface area contributed by atoms with Gasteiger partial charge < -0.3 is 24.4 Å². The van der Waals surface area contributed by atoms with Crippen molar-refractivity contribution in [2.75, 3.05) is 33.4 Å². The summed E-state index contributed by atoms with van der Waals surface area (Å²) in [6.45, 7) is 6.05. The Kier molecular flexibility index (Phi) is 6.84. The van der Waals surface area contributed by atoms with Crippen LogP contribution in [0.2, 0.25) is 0 Å². The van der Waals surface area contributed by atoms with E-state index in [-0.39, 0.29) is 18.0 Å². The molecule has 0 aliphatic carbocycles. The molecular weight excluding hydrogens is 420 g/mol. The van der Waals surface area contributed by atoms with Crippen LogP contribution in [0.25, 0.3) is 10.4 Å². The molecule has 3 rings (SSSR count). The van der Waals surface area contributed by atoms with Gasteiger partial charge in [-0.2, -0.15) is 0 Å². The number of nitrogens with one attached hydrogen (secondary N) is 1. The Hall–Kier alpha value is -3.07. The number of likely N-dealkylation sites (N-methyl/N-ethyl adjacent to an activating group) is 1. The van der Waals surface area contributed by atoms with Crippen LogP contribution >= 0.6 is 11.3 Å². The molecule has 166 valence electrons. The predicted molar refractivity (Wildman–Crippen MR) is 117 cm³/mol. The lowest BCUT2D eigenvalue weighted by molar-refractivity contribution is -0.137. The fraction of sp³-hybridized carbons (Fsp3) is 0.409. The minimum atomic E-state index is -0.588. The zero-order chi connectivity index (χ0) is 22.6. The number of nitrogens with zero attached hydrogens (tertiary/aromatic N) is 1. The fourth-order valence-corrected chi connectivity index (χ4v) is 3.77. The molecule has 0 saturated heterocycles. The van der Waals surface area contributed by atoms with Gasteiger partial charge in [0.25, 0.3) is 5.91 Å². The molecular formula is C22H26N2O6S. The zero-order valence-corrected chi connectivity index (χ0v) is 18.8. The molecule has 0 saturated carbocycles. The standard InChI is InChI=1S/C22H26N2O6S/c1-22(2,3)23-19(25)12-24(4)20(26)13-30-21(27)18-8-7-17(31-18)14-5-6-15-16(11-14)29-10-9-28-15/h5-8,11H,9-10,12-13H2,1-4H3,(H,23,25). The Morgan fingerprint density at radius 3 is 2.52 bits per heavy atom. The summed E-state index contributed by atoms with van der Waals surface area (Å²) < 4.78 is 16.3. The molecule has 0 radical (unpaired) electrons. The van der Waals surface area contributed by atoms with E-state index in [1.54, 1.807) is 6.07 Å². The monoisotopic (exact) mass is 446 g/mol. The third kappa shape index (κ3) is 6.21. The average Bonchev–Trinajstić information content (AvgIpc) is 3.20. The van der Waals surface area contributed by atoms with Gasteiger partial charge in [-0.15, -0.1) is 11.3 Å². The highest BCUT2D eigenvalue weighted by Crippen LogP contribution is 2.37. The summed E-state index contributed by atoms with van der Waals surface area (Å²) in [6, 6.07) is 9.08. The minimum absolute atomic E-state index is 0.110. The highest BCUT2D eigenvalue weighted by molar-refractivity contribution is 7.17. The van der Waals surface area contributed by atoms with Crippen molar-refractivity contribution in [2.24, 2.45) is 0 Å². The van der Waals surface area contributed by atoms with E-state index in [0.29, 0.717) is 29.6 Å². The summed E-state index contributed by atoms with van der Waals surface area (Å²) >= 11 is 1.26. The second-order valence-corrected chi connectivity index (χ2v) is 9.23. The largest absolute Gasteiger partial charge is 0.486 e. The summed E-state index contributed by atoms with van der Waals surface area (Å²) in [4.78, 5) is 38.9. The van der Waals surface area contributed by atoms with Gasteiger partial charge in [0, 0.05) is 17.5 Å². The van der Waals surface area contributed by atoms with Gasteiger partial charge in [0.1, 0.15) is 18.1 Å². The molecule has 1 aromatic heterocycles. The summed E-state index contributed by atoms with van der Waals surface area (Å²) in [7, 11) is 1.49. The molecule has 0 fully saturated rings. The maximum atomic E-state index is 12.4. The third-order valence-corrected chi connectivity index (χ3v) is 5.40. The van der Waals surface area contributed by atoms with Crippen molar-refractivity contribution in [2.45, 2.75) is 26.3 Å². The lowest BCUT2D eigenvalue weighted by Crippen LogP contribution is -2.46. The van der Waals surface area contributed by atoms with E-state index in [1.807, 2.05) is 45.0 Å². The zero-order valence-electron chi connectivity index (χ0n) is 18.0. The molecule has 9 heteroatoms. The number of carbonyl (C=O) groups excluding carboxylic acids is 3. The van der Waals surface area contributed by atoms with Gasteiger partial charge in [-0.05, 0) is 56.7 Å². The Balaban J connectivity index is 1.54. The summed E-state index contributed by atoms with van der Waals surface area (Å²) in [6.07, 6.45) is 0. The first-order valence-corrected chi connectivity index (χ1v) is 10.7.